The van der Waals surface area contributed by atoms with Gasteiger partial charge in [-0.2, -0.15) is 0 Å². The number of thiophene rings is 1. The van der Waals surface area contributed by atoms with Crippen LogP contribution in [0.2, 0.25) is 0 Å². The van der Waals surface area contributed by atoms with E-state index in [4.69, 9.17) is 9.47 Å². The Morgan fingerprint density at radius 1 is 1.33 bits per heavy atom. The molecule has 30 heavy (non-hydrogen) atoms. The van der Waals surface area contributed by atoms with Crippen LogP contribution in [0.3, 0.4) is 0 Å². The van der Waals surface area contributed by atoms with Gasteiger partial charge in [0.05, 0.1) is 15.5 Å². The van der Waals surface area contributed by atoms with Crippen LogP contribution >= 0.6 is 23.1 Å². The first kappa shape index (κ1) is 22.9. The number of hydrogen-bond acceptors (Lipinski definition) is 8. The van der Waals surface area contributed by atoms with E-state index in [1.54, 1.807) is 31.4 Å². The maximum Gasteiger partial charge on any atom is 0.187 e. The quantitative estimate of drug-likeness (QED) is 0.277. The molecule has 6 nitrogen and oxygen atoms in total. The second kappa shape index (κ2) is 9.18. The molecule has 3 rings (SSSR count). The zero-order chi connectivity index (χ0) is 21.9. The molecule has 1 N–H and O–H groups in total. The Kier molecular flexibility index (Phi) is 7.02. The second-order valence-corrected chi connectivity index (χ2v) is 10.6. The van der Waals surface area contributed by atoms with Crippen molar-refractivity contribution in [2.75, 3.05) is 20.3 Å². The van der Waals surface area contributed by atoms with Crippen LogP contribution in [0.25, 0.3) is 0 Å². The Labute approximate surface area is 185 Å². The lowest BCUT2D eigenvalue weighted by atomic mass is 9.86. The predicted octanol–water partition coefficient (Wildman–Crippen LogP) is 5.37. The number of ketones is 1. The number of ether oxygens (including phenoxy) is 2. The van der Waals surface area contributed by atoms with Crippen molar-refractivity contribution in [2.45, 2.75) is 55.4 Å². The van der Waals surface area contributed by atoms with Crippen LogP contribution in [0.4, 0.5) is 0 Å². The summed E-state index contributed by atoms with van der Waals surface area (Å²) in [6.45, 7) is 8.62. The van der Waals surface area contributed by atoms with Gasteiger partial charge in [0.25, 0.3) is 0 Å². The molecule has 8 heteroatoms. The van der Waals surface area contributed by atoms with Crippen LogP contribution in [0.1, 0.15) is 62.2 Å². The van der Waals surface area contributed by atoms with Gasteiger partial charge in [-0.05, 0) is 36.1 Å². The van der Waals surface area contributed by atoms with Crippen LogP contribution in [-0.2, 0) is 15.1 Å². The molecule has 0 amide bonds. The lowest BCUT2D eigenvalue weighted by molar-refractivity contribution is -0.0946. The minimum Gasteiger partial charge on any atom is -0.411 e. The fourth-order valence-electron chi connectivity index (χ4n) is 3.40. The van der Waals surface area contributed by atoms with E-state index < -0.39 is 5.41 Å². The number of aromatic nitrogens is 1. The molecule has 0 saturated carbocycles. The van der Waals surface area contributed by atoms with Gasteiger partial charge in [-0.3, -0.25) is 4.79 Å². The average molecular weight is 449 g/mol. The monoisotopic (exact) mass is 448 g/mol. The Bertz CT molecular complexity index is 941. The zero-order valence-electron chi connectivity index (χ0n) is 18.0. The summed E-state index contributed by atoms with van der Waals surface area (Å²) in [6.07, 6.45) is 1.67. The third kappa shape index (κ3) is 4.77. The Morgan fingerprint density at radius 3 is 2.63 bits per heavy atom. The molecule has 0 unspecified atom stereocenters. The maximum atomic E-state index is 13.0. The van der Waals surface area contributed by atoms with E-state index in [0.717, 1.165) is 27.6 Å². The van der Waals surface area contributed by atoms with Gasteiger partial charge in [0.15, 0.2) is 5.78 Å². The molecule has 1 saturated heterocycles. The standard InChI is InChI=1S/C22H28N2O4S2/c1-14(24-26)16-6-7-17(23-19(16)20(25)21(2,3)4)30-18-12-15(13-29-18)22(27-5)8-10-28-11-9-22/h6-7,12-13,26H,8-11H2,1-5H3/b24-14+. The van der Waals surface area contributed by atoms with Gasteiger partial charge in [-0.1, -0.05) is 37.7 Å². The van der Waals surface area contributed by atoms with E-state index in [1.807, 2.05) is 26.8 Å². The zero-order valence-corrected chi connectivity index (χ0v) is 19.7. The highest BCUT2D eigenvalue weighted by molar-refractivity contribution is 8.01. The van der Waals surface area contributed by atoms with E-state index in [9.17, 15) is 10.0 Å². The lowest BCUT2D eigenvalue weighted by Crippen LogP contribution is -2.35. The molecule has 0 bridgehead atoms. The van der Waals surface area contributed by atoms with E-state index in [1.165, 1.54) is 11.8 Å². The van der Waals surface area contributed by atoms with Gasteiger partial charge in [0.2, 0.25) is 0 Å². The topological polar surface area (TPSA) is 81.0 Å². The lowest BCUT2D eigenvalue weighted by Gasteiger charge is -2.35. The van der Waals surface area contributed by atoms with E-state index in [2.05, 4.69) is 21.6 Å². The number of methoxy groups -OCH3 is 1. The van der Waals surface area contributed by atoms with Crippen LogP contribution in [-0.4, -0.2) is 42.0 Å². The van der Waals surface area contributed by atoms with Crippen molar-refractivity contribution in [1.82, 2.24) is 4.98 Å². The molecular weight excluding hydrogens is 420 g/mol. The SMILES string of the molecule is COC1(c2csc(Sc3ccc(/C(C)=N/O)c(C(=O)C(C)(C)C)n3)c2)CCOCC1. The number of oxime groups is 1. The summed E-state index contributed by atoms with van der Waals surface area (Å²) < 4.78 is 12.5. The summed E-state index contributed by atoms with van der Waals surface area (Å²) in [4.78, 5) is 17.6. The summed E-state index contributed by atoms with van der Waals surface area (Å²) in [5, 5.41) is 15.3. The fourth-order valence-corrected chi connectivity index (χ4v) is 5.37. The van der Waals surface area contributed by atoms with Crippen molar-refractivity contribution >= 4 is 34.6 Å². The van der Waals surface area contributed by atoms with Crippen LogP contribution in [0.15, 0.2) is 38.0 Å². The molecule has 0 aliphatic carbocycles. The van der Waals surface area contributed by atoms with Gasteiger partial charge in [-0.25, -0.2) is 4.98 Å². The molecule has 162 valence electrons. The van der Waals surface area contributed by atoms with Gasteiger partial charge >= 0.3 is 0 Å². The van der Waals surface area contributed by atoms with Crippen molar-refractivity contribution in [3.8, 4) is 0 Å². The molecule has 0 radical (unpaired) electrons. The minimum atomic E-state index is -0.592. The smallest absolute Gasteiger partial charge is 0.187 e. The number of rotatable bonds is 6. The van der Waals surface area contributed by atoms with Crippen molar-refractivity contribution in [3.05, 3.63) is 40.4 Å². The number of carbonyl (C=O) groups is 1. The van der Waals surface area contributed by atoms with Crippen LogP contribution < -0.4 is 0 Å². The predicted molar refractivity (Wildman–Crippen MR) is 119 cm³/mol. The van der Waals surface area contributed by atoms with E-state index in [0.29, 0.717) is 30.2 Å². The second-order valence-electron chi connectivity index (χ2n) is 8.38. The number of hydrogen-bond donors (Lipinski definition) is 1. The molecule has 0 aromatic carbocycles. The van der Waals surface area contributed by atoms with Gasteiger partial charge in [0, 0.05) is 44.1 Å². The first-order chi connectivity index (χ1) is 14.2. The van der Waals surface area contributed by atoms with Gasteiger partial charge in [-0.15, -0.1) is 11.3 Å². The number of nitrogens with zero attached hydrogens (tertiary/aromatic N) is 2. The Hall–Kier alpha value is -1.74. The molecule has 3 heterocycles. The van der Waals surface area contributed by atoms with Crippen LogP contribution in [0, 0.1) is 5.41 Å². The molecule has 2 aromatic heterocycles. The van der Waals surface area contributed by atoms with Gasteiger partial charge < -0.3 is 14.7 Å². The summed E-state index contributed by atoms with van der Waals surface area (Å²) >= 11 is 3.16. The van der Waals surface area contributed by atoms with Crippen molar-refractivity contribution in [2.24, 2.45) is 10.6 Å². The van der Waals surface area contributed by atoms with Crippen LogP contribution in [0.5, 0.6) is 0 Å². The highest BCUT2D eigenvalue weighted by Crippen LogP contribution is 2.41. The molecule has 1 aliphatic rings. The third-order valence-corrected chi connectivity index (χ3v) is 7.32. The number of carbonyl (C=O) groups excluding carboxylic acids is 1. The van der Waals surface area contributed by atoms with Crippen molar-refractivity contribution < 1.29 is 19.5 Å². The Balaban J connectivity index is 1.91. The molecular formula is C22H28N2O4S2. The summed E-state index contributed by atoms with van der Waals surface area (Å²) in [7, 11) is 1.76. The Morgan fingerprint density at radius 2 is 2.03 bits per heavy atom. The molecule has 1 fully saturated rings. The normalized spacial score (nSPS) is 17.2. The van der Waals surface area contributed by atoms with Gasteiger partial charge in [0.1, 0.15) is 10.7 Å². The van der Waals surface area contributed by atoms with E-state index >= 15 is 0 Å². The molecule has 0 atom stereocenters. The summed E-state index contributed by atoms with van der Waals surface area (Å²) in [5.74, 6) is -0.0876. The van der Waals surface area contributed by atoms with E-state index in [-0.39, 0.29) is 11.4 Å². The summed E-state index contributed by atoms with van der Waals surface area (Å²) in [5.41, 5.74) is 1.52. The number of pyridine rings is 1. The maximum absolute atomic E-state index is 13.0. The highest BCUT2D eigenvalue weighted by atomic mass is 32.2. The summed E-state index contributed by atoms with van der Waals surface area (Å²) in [6, 6.07) is 5.80. The third-order valence-electron chi connectivity index (χ3n) is 5.30. The molecule has 0 spiro atoms. The van der Waals surface area contributed by atoms with Crippen molar-refractivity contribution in [3.63, 3.8) is 0 Å². The fraction of sp³-hybridized carbons (Fsp3) is 0.500. The minimum absolute atomic E-state index is 0.0876. The molecule has 2 aromatic rings. The highest BCUT2D eigenvalue weighted by Gasteiger charge is 2.35. The first-order valence-corrected chi connectivity index (χ1v) is 11.5. The van der Waals surface area contributed by atoms with Crippen molar-refractivity contribution in [1.29, 1.82) is 0 Å². The average Bonchev–Trinajstić information content (AvgIpc) is 3.21. The first-order valence-electron chi connectivity index (χ1n) is 9.85. The largest absolute Gasteiger partial charge is 0.411 e. The molecule has 1 aliphatic heterocycles. The number of Topliss-reactive ketones (excluding diaryl/α,β-unsaturated/α-hetero) is 1.